The maximum Gasteiger partial charge on any atom is 0.279 e. The Balaban J connectivity index is 1.08. The molecule has 2 aromatic carbocycles. The third kappa shape index (κ3) is 5.80. The minimum atomic E-state index is 0.649. The number of nitrogens with one attached hydrogen (secondary N) is 1. The van der Waals surface area contributed by atoms with Crippen molar-refractivity contribution in [2.75, 3.05) is 26.2 Å². The van der Waals surface area contributed by atoms with Crippen LogP contribution < -0.4 is 9.47 Å². The average molecular weight is 451 g/mol. The quantitative estimate of drug-likeness (QED) is 0.344. The summed E-state index contributed by atoms with van der Waals surface area (Å²) in [6.07, 6.45) is 4.55. The van der Waals surface area contributed by atoms with E-state index in [2.05, 4.69) is 36.6 Å². The summed E-state index contributed by atoms with van der Waals surface area (Å²) in [5.41, 5.74) is 0.959. The molecular weight excluding hydrogens is 424 g/mol. The van der Waals surface area contributed by atoms with Gasteiger partial charge in [0.2, 0.25) is 0 Å². The van der Waals surface area contributed by atoms with E-state index in [9.17, 15) is 0 Å². The number of ether oxygens (including phenoxy) is 2. The van der Waals surface area contributed by atoms with Gasteiger partial charge >= 0.3 is 0 Å². The van der Waals surface area contributed by atoms with E-state index < -0.39 is 0 Å². The van der Waals surface area contributed by atoms with Crippen molar-refractivity contribution < 1.29 is 9.47 Å². The number of fused-ring (bicyclic) bond motifs is 1. The second kappa shape index (κ2) is 10.1. The molecular formula is C23H26N6O2S. The maximum absolute atomic E-state index is 5.99. The van der Waals surface area contributed by atoms with Crippen molar-refractivity contribution in [3.8, 4) is 16.7 Å². The molecule has 1 saturated carbocycles. The van der Waals surface area contributed by atoms with Crippen molar-refractivity contribution in [2.45, 2.75) is 25.7 Å². The van der Waals surface area contributed by atoms with Gasteiger partial charge in [-0.05, 0) is 68.1 Å². The normalized spacial score (nSPS) is 13.7. The van der Waals surface area contributed by atoms with Gasteiger partial charge in [-0.25, -0.2) is 4.98 Å². The zero-order chi connectivity index (χ0) is 21.6. The molecule has 32 heavy (non-hydrogen) atoms. The highest BCUT2D eigenvalue weighted by molar-refractivity contribution is 7.20. The van der Waals surface area contributed by atoms with Gasteiger partial charge in [0.1, 0.15) is 18.1 Å². The first-order valence-corrected chi connectivity index (χ1v) is 11.8. The lowest BCUT2D eigenvalue weighted by atomic mass is 10.2. The van der Waals surface area contributed by atoms with Crippen molar-refractivity contribution in [2.24, 2.45) is 5.92 Å². The summed E-state index contributed by atoms with van der Waals surface area (Å²) in [6, 6.07) is 15.8. The van der Waals surface area contributed by atoms with E-state index in [1.165, 1.54) is 12.8 Å². The van der Waals surface area contributed by atoms with Gasteiger partial charge in [0.25, 0.3) is 5.19 Å². The number of tetrazole rings is 1. The molecule has 166 valence electrons. The van der Waals surface area contributed by atoms with Crippen molar-refractivity contribution in [3.05, 3.63) is 54.4 Å². The smallest absolute Gasteiger partial charge is 0.279 e. The second-order valence-electron chi connectivity index (χ2n) is 8.04. The van der Waals surface area contributed by atoms with E-state index in [1.54, 1.807) is 11.3 Å². The molecule has 0 bridgehead atoms. The highest BCUT2D eigenvalue weighted by Gasteiger charge is 2.24. The number of hydrogen-bond donors (Lipinski definition) is 1. The van der Waals surface area contributed by atoms with Crippen LogP contribution >= 0.6 is 11.3 Å². The molecule has 2 aromatic heterocycles. The van der Waals surface area contributed by atoms with Crippen molar-refractivity contribution in [3.63, 3.8) is 0 Å². The third-order valence-corrected chi connectivity index (χ3v) is 6.37. The number of aryl methyl sites for hydroxylation is 1. The fraction of sp³-hybridized carbons (Fsp3) is 0.391. The van der Waals surface area contributed by atoms with Crippen LogP contribution in [0.1, 0.15) is 25.1 Å². The van der Waals surface area contributed by atoms with E-state index in [-0.39, 0.29) is 0 Å². The molecule has 0 spiro atoms. The summed E-state index contributed by atoms with van der Waals surface area (Å²) >= 11 is 1.55. The van der Waals surface area contributed by atoms with Crippen LogP contribution in [0.25, 0.3) is 10.2 Å². The standard InChI is InChI=1S/C23H26N6O2S/c1-2-5-21-20(4-1)24-23(32-21)31-19-11-9-18(10-12-19)30-15-14-29(16-17-7-8-17)13-3-6-22-25-27-28-26-22/h1-2,4-5,9-12,17H,3,6-8,13-16H2,(H,25,26,27,28). The Hall–Kier alpha value is -3.04. The van der Waals surface area contributed by atoms with Gasteiger partial charge < -0.3 is 9.47 Å². The highest BCUT2D eigenvalue weighted by Crippen LogP contribution is 2.32. The van der Waals surface area contributed by atoms with E-state index in [4.69, 9.17) is 9.47 Å². The number of nitrogens with zero attached hydrogens (tertiary/aromatic N) is 5. The molecule has 4 aromatic rings. The minimum absolute atomic E-state index is 0.649. The molecule has 5 rings (SSSR count). The predicted octanol–water partition coefficient (Wildman–Crippen LogP) is 4.33. The molecule has 8 nitrogen and oxygen atoms in total. The van der Waals surface area contributed by atoms with Gasteiger partial charge in [0.15, 0.2) is 5.82 Å². The van der Waals surface area contributed by atoms with E-state index in [0.717, 1.165) is 65.9 Å². The monoisotopic (exact) mass is 450 g/mol. The van der Waals surface area contributed by atoms with Crippen LogP contribution in [0.4, 0.5) is 0 Å². The molecule has 9 heteroatoms. The molecule has 1 aliphatic carbocycles. The van der Waals surface area contributed by atoms with Gasteiger partial charge in [0.05, 0.1) is 10.2 Å². The van der Waals surface area contributed by atoms with Gasteiger partial charge in [-0.2, -0.15) is 5.21 Å². The summed E-state index contributed by atoms with van der Waals surface area (Å²) in [5.74, 6) is 3.23. The number of hydrogen-bond acceptors (Lipinski definition) is 8. The van der Waals surface area contributed by atoms with Crippen molar-refractivity contribution >= 4 is 21.6 Å². The number of aromatic amines is 1. The molecule has 2 heterocycles. The molecule has 0 unspecified atom stereocenters. The number of H-pyrrole nitrogens is 1. The zero-order valence-electron chi connectivity index (χ0n) is 17.8. The van der Waals surface area contributed by atoms with Crippen molar-refractivity contribution in [1.82, 2.24) is 30.5 Å². The highest BCUT2D eigenvalue weighted by atomic mass is 32.1. The van der Waals surface area contributed by atoms with E-state index >= 15 is 0 Å². The lowest BCUT2D eigenvalue weighted by molar-refractivity contribution is 0.201. The number of para-hydroxylation sites is 1. The average Bonchev–Trinajstić information content (AvgIpc) is 3.30. The SMILES string of the molecule is c1ccc2sc(Oc3ccc(OCCN(CCCc4nn[nH]n4)CC4CC4)cc3)nc2c1. The topological polar surface area (TPSA) is 89.0 Å². The second-order valence-corrected chi connectivity index (χ2v) is 9.04. The van der Waals surface area contributed by atoms with Crippen LogP contribution in [0.3, 0.4) is 0 Å². The Morgan fingerprint density at radius 3 is 2.66 bits per heavy atom. The summed E-state index contributed by atoms with van der Waals surface area (Å²) in [6.45, 7) is 3.73. The summed E-state index contributed by atoms with van der Waals surface area (Å²) < 4.78 is 13.0. The molecule has 0 aliphatic heterocycles. The molecule has 0 saturated heterocycles. The Morgan fingerprint density at radius 2 is 1.88 bits per heavy atom. The number of aromatic nitrogens is 5. The Bertz CT molecular complexity index is 1080. The Labute approximate surface area is 190 Å². The van der Waals surface area contributed by atoms with E-state index in [1.807, 2.05) is 42.5 Å². The number of rotatable bonds is 12. The molecule has 1 fully saturated rings. The van der Waals surface area contributed by atoms with Crippen LogP contribution in [-0.4, -0.2) is 56.7 Å². The van der Waals surface area contributed by atoms with Gasteiger partial charge in [-0.3, -0.25) is 4.90 Å². The molecule has 1 aliphatic rings. The van der Waals surface area contributed by atoms with Crippen LogP contribution in [0.15, 0.2) is 48.5 Å². The molecule has 0 amide bonds. The van der Waals surface area contributed by atoms with Gasteiger partial charge in [-0.1, -0.05) is 28.7 Å². The zero-order valence-corrected chi connectivity index (χ0v) is 18.6. The fourth-order valence-electron chi connectivity index (χ4n) is 3.60. The van der Waals surface area contributed by atoms with Crippen molar-refractivity contribution in [1.29, 1.82) is 0 Å². The number of thiazole rings is 1. The van der Waals surface area contributed by atoms with Crippen LogP contribution in [-0.2, 0) is 6.42 Å². The van der Waals surface area contributed by atoms with E-state index in [0.29, 0.717) is 11.8 Å². The first-order valence-electron chi connectivity index (χ1n) is 11.0. The minimum Gasteiger partial charge on any atom is -0.492 e. The lowest BCUT2D eigenvalue weighted by Gasteiger charge is -2.22. The fourth-order valence-corrected chi connectivity index (χ4v) is 4.44. The third-order valence-electron chi connectivity index (χ3n) is 5.46. The van der Waals surface area contributed by atoms with Crippen LogP contribution in [0.5, 0.6) is 16.7 Å². The Morgan fingerprint density at radius 1 is 1.03 bits per heavy atom. The Kier molecular flexibility index (Phi) is 6.55. The van der Waals surface area contributed by atoms with Gasteiger partial charge in [-0.15, -0.1) is 10.2 Å². The largest absolute Gasteiger partial charge is 0.492 e. The van der Waals surface area contributed by atoms with Crippen LogP contribution in [0, 0.1) is 5.92 Å². The number of benzene rings is 2. The predicted molar refractivity (Wildman–Crippen MR) is 123 cm³/mol. The first-order chi connectivity index (χ1) is 15.8. The lowest BCUT2D eigenvalue weighted by Crippen LogP contribution is -2.31. The molecule has 0 radical (unpaired) electrons. The molecule has 0 atom stereocenters. The summed E-state index contributed by atoms with van der Waals surface area (Å²) in [4.78, 5) is 7.00. The maximum atomic E-state index is 5.99. The van der Waals surface area contributed by atoms with Crippen LogP contribution in [0.2, 0.25) is 0 Å². The molecule has 1 N–H and O–H groups in total. The first kappa shape index (κ1) is 20.8. The summed E-state index contributed by atoms with van der Waals surface area (Å²) in [5, 5.41) is 14.8. The summed E-state index contributed by atoms with van der Waals surface area (Å²) in [7, 11) is 0. The van der Waals surface area contributed by atoms with Gasteiger partial charge in [0, 0.05) is 19.5 Å².